The van der Waals surface area contributed by atoms with Gasteiger partial charge in [0.1, 0.15) is 5.75 Å². The molecule has 0 fully saturated rings. The minimum Gasteiger partial charge on any atom is -0.497 e. The Labute approximate surface area is 111 Å². The predicted molar refractivity (Wildman–Crippen MR) is 70.7 cm³/mol. The van der Waals surface area contributed by atoms with Gasteiger partial charge in [0.2, 0.25) is 0 Å². The first-order valence-corrected chi connectivity index (χ1v) is 5.88. The van der Waals surface area contributed by atoms with Crippen molar-refractivity contribution in [3.8, 4) is 17.1 Å². The molecule has 1 aromatic heterocycles. The lowest BCUT2D eigenvalue weighted by Crippen LogP contribution is -2.16. The van der Waals surface area contributed by atoms with Gasteiger partial charge in [0, 0.05) is 24.4 Å². The fourth-order valence-electron chi connectivity index (χ4n) is 1.72. The summed E-state index contributed by atoms with van der Waals surface area (Å²) in [6.45, 7) is 2.52. The van der Waals surface area contributed by atoms with Gasteiger partial charge in [-0.25, -0.2) is 4.68 Å². The Morgan fingerprint density at radius 2 is 2.11 bits per heavy atom. The molecule has 1 heterocycles. The van der Waals surface area contributed by atoms with Crippen molar-refractivity contribution in [2.24, 2.45) is 0 Å². The zero-order chi connectivity index (χ0) is 13.8. The van der Waals surface area contributed by atoms with Gasteiger partial charge >= 0.3 is 0 Å². The van der Waals surface area contributed by atoms with Gasteiger partial charge in [0.15, 0.2) is 5.82 Å². The molecule has 2 rings (SSSR count). The zero-order valence-corrected chi connectivity index (χ0v) is 11.2. The number of nitrogens with zero attached hydrogens (tertiary/aromatic N) is 4. The molecule has 0 amide bonds. The molecule has 0 saturated carbocycles. The third-order valence-electron chi connectivity index (χ3n) is 2.79. The van der Waals surface area contributed by atoms with Crippen LogP contribution < -0.4 is 10.5 Å². The van der Waals surface area contributed by atoms with Crippen molar-refractivity contribution in [2.45, 2.75) is 19.6 Å². The number of methoxy groups -OCH3 is 2. The maximum absolute atomic E-state index is 5.84. The van der Waals surface area contributed by atoms with Gasteiger partial charge in [-0.3, -0.25) is 0 Å². The number of nitrogens with two attached hydrogens (primary N) is 1. The van der Waals surface area contributed by atoms with Crippen LogP contribution in [0.4, 0.5) is 5.69 Å². The second-order valence-electron chi connectivity index (χ2n) is 4.23. The highest BCUT2D eigenvalue weighted by molar-refractivity contribution is 5.64. The van der Waals surface area contributed by atoms with E-state index in [1.165, 1.54) is 0 Å². The van der Waals surface area contributed by atoms with Gasteiger partial charge in [0.05, 0.1) is 19.8 Å². The third kappa shape index (κ3) is 3.00. The van der Waals surface area contributed by atoms with Gasteiger partial charge in [-0.2, -0.15) is 0 Å². The van der Waals surface area contributed by atoms with Crippen LogP contribution in [0.15, 0.2) is 18.2 Å². The third-order valence-corrected chi connectivity index (χ3v) is 2.79. The number of benzene rings is 1. The summed E-state index contributed by atoms with van der Waals surface area (Å²) in [7, 11) is 3.24. The molecule has 19 heavy (non-hydrogen) atoms. The van der Waals surface area contributed by atoms with Crippen molar-refractivity contribution >= 4 is 5.69 Å². The molecule has 0 aliphatic heterocycles. The van der Waals surface area contributed by atoms with E-state index in [1.54, 1.807) is 25.0 Å². The number of anilines is 1. The fraction of sp³-hybridized carbons (Fsp3) is 0.417. The first kappa shape index (κ1) is 13.3. The molecule has 0 radical (unpaired) electrons. The standard InChI is InChI=1S/C12H17N5O2/c1-8(18-2)7-17-12(14-15-16-17)9-4-10(13)6-11(5-9)19-3/h4-6,8H,7,13H2,1-3H3. The summed E-state index contributed by atoms with van der Waals surface area (Å²) in [6, 6.07) is 5.40. The average molecular weight is 263 g/mol. The topological polar surface area (TPSA) is 88.1 Å². The van der Waals surface area contributed by atoms with Gasteiger partial charge < -0.3 is 15.2 Å². The summed E-state index contributed by atoms with van der Waals surface area (Å²) >= 11 is 0. The molecule has 7 nitrogen and oxygen atoms in total. The maximum atomic E-state index is 5.84. The van der Waals surface area contributed by atoms with Crippen molar-refractivity contribution in [2.75, 3.05) is 20.0 Å². The molecule has 0 spiro atoms. The number of hydrogen-bond acceptors (Lipinski definition) is 6. The molecular formula is C12H17N5O2. The molecule has 102 valence electrons. The molecule has 1 unspecified atom stereocenters. The normalized spacial score (nSPS) is 12.4. The fourth-order valence-corrected chi connectivity index (χ4v) is 1.72. The molecule has 0 saturated heterocycles. The lowest BCUT2D eigenvalue weighted by atomic mass is 10.1. The van der Waals surface area contributed by atoms with Gasteiger partial charge in [0.25, 0.3) is 0 Å². The largest absolute Gasteiger partial charge is 0.497 e. The highest BCUT2D eigenvalue weighted by atomic mass is 16.5. The Bertz CT molecular complexity index is 555. The monoisotopic (exact) mass is 263 g/mol. The maximum Gasteiger partial charge on any atom is 0.182 e. The lowest BCUT2D eigenvalue weighted by Gasteiger charge is -2.11. The van der Waals surface area contributed by atoms with E-state index >= 15 is 0 Å². The second-order valence-corrected chi connectivity index (χ2v) is 4.23. The van der Waals surface area contributed by atoms with E-state index in [4.69, 9.17) is 15.2 Å². The molecule has 0 bridgehead atoms. The van der Waals surface area contributed by atoms with Gasteiger partial charge in [-0.05, 0) is 29.5 Å². The van der Waals surface area contributed by atoms with Crippen LogP contribution in [0.2, 0.25) is 0 Å². The molecule has 1 aromatic carbocycles. The molecular weight excluding hydrogens is 246 g/mol. The van der Waals surface area contributed by atoms with Crippen molar-refractivity contribution in [1.82, 2.24) is 20.2 Å². The van der Waals surface area contributed by atoms with Crippen LogP contribution in [0, 0.1) is 0 Å². The number of rotatable bonds is 5. The van der Waals surface area contributed by atoms with Crippen LogP contribution in [0.5, 0.6) is 5.75 Å². The summed E-state index contributed by atoms with van der Waals surface area (Å²) < 4.78 is 12.1. The smallest absolute Gasteiger partial charge is 0.182 e. The van der Waals surface area contributed by atoms with Crippen LogP contribution >= 0.6 is 0 Å². The Balaban J connectivity index is 2.36. The lowest BCUT2D eigenvalue weighted by molar-refractivity contribution is 0.0997. The highest BCUT2D eigenvalue weighted by Crippen LogP contribution is 2.25. The van der Waals surface area contributed by atoms with Crippen LogP contribution in [0.1, 0.15) is 6.92 Å². The summed E-state index contributed by atoms with van der Waals surface area (Å²) in [6.07, 6.45) is 0.0187. The Hall–Kier alpha value is -2.15. The Morgan fingerprint density at radius 1 is 1.32 bits per heavy atom. The van der Waals surface area contributed by atoms with Crippen molar-refractivity contribution < 1.29 is 9.47 Å². The molecule has 2 aromatic rings. The molecule has 0 aliphatic carbocycles. The van der Waals surface area contributed by atoms with Crippen LogP contribution in [-0.4, -0.2) is 40.5 Å². The summed E-state index contributed by atoms with van der Waals surface area (Å²) in [5.74, 6) is 1.30. The minimum absolute atomic E-state index is 0.0187. The SMILES string of the molecule is COc1cc(N)cc(-c2nnnn2CC(C)OC)c1. The van der Waals surface area contributed by atoms with E-state index in [-0.39, 0.29) is 6.10 Å². The number of aromatic nitrogens is 4. The molecule has 2 N–H and O–H groups in total. The first-order valence-electron chi connectivity index (χ1n) is 5.88. The summed E-state index contributed by atoms with van der Waals surface area (Å²) in [5, 5.41) is 11.7. The minimum atomic E-state index is 0.0187. The Morgan fingerprint density at radius 3 is 2.79 bits per heavy atom. The first-order chi connectivity index (χ1) is 9.13. The van der Waals surface area contributed by atoms with E-state index in [0.717, 1.165) is 5.56 Å². The number of tetrazole rings is 1. The summed E-state index contributed by atoms with van der Waals surface area (Å²) in [5.41, 5.74) is 7.25. The summed E-state index contributed by atoms with van der Waals surface area (Å²) in [4.78, 5) is 0. The van der Waals surface area contributed by atoms with Crippen molar-refractivity contribution in [1.29, 1.82) is 0 Å². The van der Waals surface area contributed by atoms with E-state index in [9.17, 15) is 0 Å². The number of ether oxygens (including phenoxy) is 2. The van der Waals surface area contributed by atoms with Gasteiger partial charge in [-0.15, -0.1) is 5.10 Å². The zero-order valence-electron chi connectivity index (χ0n) is 11.2. The number of nitrogen functional groups attached to an aromatic ring is 1. The van der Waals surface area contributed by atoms with Crippen molar-refractivity contribution in [3.05, 3.63) is 18.2 Å². The second kappa shape index (κ2) is 5.66. The van der Waals surface area contributed by atoms with E-state index in [1.807, 2.05) is 19.1 Å². The van der Waals surface area contributed by atoms with E-state index in [0.29, 0.717) is 23.8 Å². The number of hydrogen-bond donors (Lipinski definition) is 1. The van der Waals surface area contributed by atoms with Crippen molar-refractivity contribution in [3.63, 3.8) is 0 Å². The van der Waals surface area contributed by atoms with Crippen LogP contribution in [0.3, 0.4) is 0 Å². The molecule has 1 atom stereocenters. The quantitative estimate of drug-likeness (QED) is 0.808. The van der Waals surface area contributed by atoms with Crippen LogP contribution in [-0.2, 0) is 11.3 Å². The van der Waals surface area contributed by atoms with Gasteiger partial charge in [-0.1, -0.05) is 0 Å². The van der Waals surface area contributed by atoms with E-state index in [2.05, 4.69) is 15.5 Å². The molecule has 7 heteroatoms. The van der Waals surface area contributed by atoms with Crippen LogP contribution in [0.25, 0.3) is 11.4 Å². The predicted octanol–water partition coefficient (Wildman–Crippen LogP) is 0.966. The highest BCUT2D eigenvalue weighted by Gasteiger charge is 2.13. The van der Waals surface area contributed by atoms with E-state index < -0.39 is 0 Å². The molecule has 0 aliphatic rings. The Kier molecular flexibility index (Phi) is 3.96. The average Bonchev–Trinajstić information content (AvgIpc) is 2.85.